The van der Waals surface area contributed by atoms with E-state index in [4.69, 9.17) is 4.74 Å². The Morgan fingerprint density at radius 2 is 2.00 bits per heavy atom. The minimum atomic E-state index is -0.549. The minimum absolute atomic E-state index is 0.209. The third kappa shape index (κ3) is 3.02. The summed E-state index contributed by atoms with van der Waals surface area (Å²) < 4.78 is 5.36. The Hall–Kier alpha value is -1.10. The zero-order valence-electron chi connectivity index (χ0n) is 8.01. The van der Waals surface area contributed by atoms with Gasteiger partial charge in [0.15, 0.2) is 0 Å². The second kappa shape index (κ2) is 3.33. The van der Waals surface area contributed by atoms with Crippen molar-refractivity contribution in [2.24, 2.45) is 0 Å². The van der Waals surface area contributed by atoms with Crippen LogP contribution in [-0.2, 0) is 9.53 Å². The first kappa shape index (κ1) is 9.98. The second-order valence-corrected chi connectivity index (χ2v) is 3.94. The Bertz CT molecular complexity index is 232. The largest absolute Gasteiger partial charge is 0.373 e. The van der Waals surface area contributed by atoms with Gasteiger partial charge in [-0.1, -0.05) is 0 Å². The number of urea groups is 1. The van der Waals surface area contributed by atoms with Gasteiger partial charge in [-0.2, -0.15) is 0 Å². The highest BCUT2D eigenvalue weighted by Crippen LogP contribution is 2.08. The summed E-state index contributed by atoms with van der Waals surface area (Å²) in [5.41, 5.74) is -0.298. The number of carbonyl (C=O) groups is 2. The summed E-state index contributed by atoms with van der Waals surface area (Å²) in [5.74, 6) is -0.325. The van der Waals surface area contributed by atoms with Gasteiger partial charge in [0.1, 0.15) is 6.04 Å². The van der Waals surface area contributed by atoms with Crippen LogP contribution in [0.15, 0.2) is 0 Å². The topological polar surface area (TPSA) is 67.4 Å². The molecule has 1 fully saturated rings. The number of hydrogen-bond donors (Lipinski definition) is 2. The van der Waals surface area contributed by atoms with Gasteiger partial charge in [-0.3, -0.25) is 10.1 Å². The Labute approximate surface area is 76.8 Å². The fourth-order valence-electron chi connectivity index (χ4n) is 0.910. The standard InChI is InChI=1S/C8H14N2O3/c1-8(2,3)13-4-5-6(11)10-7(12)9-5/h5H,4H2,1-3H3,(H2,9,10,11,12). The predicted molar refractivity (Wildman–Crippen MR) is 46.2 cm³/mol. The van der Waals surface area contributed by atoms with Crippen LogP contribution in [0.25, 0.3) is 0 Å². The van der Waals surface area contributed by atoms with Gasteiger partial charge in [0.05, 0.1) is 12.2 Å². The van der Waals surface area contributed by atoms with Crippen molar-refractivity contribution in [1.29, 1.82) is 0 Å². The highest BCUT2D eigenvalue weighted by molar-refractivity contribution is 6.04. The van der Waals surface area contributed by atoms with Gasteiger partial charge in [-0.15, -0.1) is 0 Å². The molecule has 0 spiro atoms. The minimum Gasteiger partial charge on any atom is -0.373 e. The third-order valence-corrected chi connectivity index (χ3v) is 1.54. The predicted octanol–water partition coefficient (Wildman–Crippen LogP) is 0.00950. The van der Waals surface area contributed by atoms with E-state index in [0.717, 1.165) is 0 Å². The smallest absolute Gasteiger partial charge is 0.322 e. The normalized spacial score (nSPS) is 22.8. The fraction of sp³-hybridized carbons (Fsp3) is 0.750. The summed E-state index contributed by atoms with van der Waals surface area (Å²) in [6, 6.07) is -1.00. The number of amides is 3. The van der Waals surface area contributed by atoms with Crippen LogP contribution >= 0.6 is 0 Å². The molecular weight excluding hydrogens is 172 g/mol. The van der Waals surface area contributed by atoms with E-state index in [1.165, 1.54) is 0 Å². The molecule has 5 heteroatoms. The highest BCUT2D eigenvalue weighted by atomic mass is 16.5. The summed E-state index contributed by atoms with van der Waals surface area (Å²) in [6.45, 7) is 5.88. The molecule has 0 aromatic heterocycles. The van der Waals surface area contributed by atoms with Crippen LogP contribution in [0.4, 0.5) is 4.79 Å². The molecule has 0 aromatic carbocycles. The second-order valence-electron chi connectivity index (χ2n) is 3.94. The van der Waals surface area contributed by atoms with E-state index in [-0.39, 0.29) is 18.1 Å². The van der Waals surface area contributed by atoms with Crippen molar-refractivity contribution in [3.8, 4) is 0 Å². The Morgan fingerprint density at radius 3 is 2.38 bits per heavy atom. The lowest BCUT2D eigenvalue weighted by Gasteiger charge is -2.20. The zero-order chi connectivity index (χ0) is 10.1. The quantitative estimate of drug-likeness (QED) is 0.597. The van der Waals surface area contributed by atoms with E-state index < -0.39 is 12.1 Å². The first-order chi connectivity index (χ1) is 5.88. The zero-order valence-corrected chi connectivity index (χ0v) is 8.01. The van der Waals surface area contributed by atoms with Gasteiger partial charge >= 0.3 is 6.03 Å². The molecule has 5 nitrogen and oxygen atoms in total. The molecule has 3 amide bonds. The molecule has 0 aliphatic carbocycles. The first-order valence-electron chi connectivity index (χ1n) is 4.14. The molecule has 1 saturated heterocycles. The third-order valence-electron chi connectivity index (χ3n) is 1.54. The SMILES string of the molecule is CC(C)(C)OCC1NC(=O)NC1=O. The van der Waals surface area contributed by atoms with Gasteiger partial charge < -0.3 is 10.1 Å². The van der Waals surface area contributed by atoms with Gasteiger partial charge in [0.2, 0.25) is 0 Å². The molecule has 0 aromatic rings. The number of rotatable bonds is 2. The first-order valence-corrected chi connectivity index (χ1v) is 4.14. The van der Waals surface area contributed by atoms with Crippen molar-refractivity contribution in [2.75, 3.05) is 6.61 Å². The van der Waals surface area contributed by atoms with Crippen LogP contribution < -0.4 is 10.6 Å². The fourth-order valence-corrected chi connectivity index (χ4v) is 0.910. The van der Waals surface area contributed by atoms with Crippen molar-refractivity contribution < 1.29 is 14.3 Å². The summed E-state index contributed by atoms with van der Waals surface area (Å²) >= 11 is 0. The molecule has 0 saturated carbocycles. The van der Waals surface area contributed by atoms with Gasteiger partial charge in [0, 0.05) is 0 Å². The van der Waals surface area contributed by atoms with Crippen LogP contribution in [0, 0.1) is 0 Å². The molecule has 74 valence electrons. The number of hydrogen-bond acceptors (Lipinski definition) is 3. The van der Waals surface area contributed by atoms with E-state index in [2.05, 4.69) is 10.6 Å². The Balaban J connectivity index is 2.38. The maximum absolute atomic E-state index is 11.0. The summed E-state index contributed by atoms with van der Waals surface area (Å²) in [5, 5.41) is 4.59. The lowest BCUT2D eigenvalue weighted by molar-refractivity contribution is -0.122. The molecule has 2 N–H and O–H groups in total. The molecule has 0 radical (unpaired) electrons. The maximum Gasteiger partial charge on any atom is 0.322 e. The van der Waals surface area contributed by atoms with Gasteiger partial charge in [-0.05, 0) is 20.8 Å². The van der Waals surface area contributed by atoms with Crippen molar-refractivity contribution in [1.82, 2.24) is 10.6 Å². The summed E-state index contributed by atoms with van der Waals surface area (Å²) in [6.07, 6.45) is 0. The van der Waals surface area contributed by atoms with Crippen LogP contribution in [0.2, 0.25) is 0 Å². The average Bonchev–Trinajstić information content (AvgIpc) is 2.24. The van der Waals surface area contributed by atoms with Crippen molar-refractivity contribution in [3.05, 3.63) is 0 Å². The summed E-state index contributed by atoms with van der Waals surface area (Å²) in [4.78, 5) is 21.7. The molecule has 1 atom stereocenters. The lowest BCUT2D eigenvalue weighted by atomic mass is 10.2. The van der Waals surface area contributed by atoms with E-state index in [0.29, 0.717) is 0 Å². The van der Waals surface area contributed by atoms with Gasteiger partial charge in [-0.25, -0.2) is 4.79 Å². The van der Waals surface area contributed by atoms with Gasteiger partial charge in [0.25, 0.3) is 5.91 Å². The maximum atomic E-state index is 11.0. The average molecular weight is 186 g/mol. The lowest BCUT2D eigenvalue weighted by Crippen LogP contribution is -2.37. The Kier molecular flexibility index (Phi) is 2.56. The van der Waals surface area contributed by atoms with E-state index in [1.54, 1.807) is 0 Å². The number of carbonyl (C=O) groups excluding carboxylic acids is 2. The number of ether oxygens (including phenoxy) is 1. The Morgan fingerprint density at radius 1 is 1.38 bits per heavy atom. The molecule has 1 aliphatic rings. The molecule has 1 heterocycles. The molecule has 1 unspecified atom stereocenters. The van der Waals surface area contributed by atoms with E-state index >= 15 is 0 Å². The molecular formula is C8H14N2O3. The monoisotopic (exact) mass is 186 g/mol. The van der Waals surface area contributed by atoms with Crippen molar-refractivity contribution in [2.45, 2.75) is 32.4 Å². The van der Waals surface area contributed by atoms with Crippen LogP contribution in [0.5, 0.6) is 0 Å². The molecule has 1 aliphatic heterocycles. The van der Waals surface area contributed by atoms with E-state index in [1.807, 2.05) is 20.8 Å². The number of imide groups is 1. The summed E-state index contributed by atoms with van der Waals surface area (Å²) in [7, 11) is 0. The van der Waals surface area contributed by atoms with Crippen molar-refractivity contribution in [3.63, 3.8) is 0 Å². The molecule has 13 heavy (non-hydrogen) atoms. The number of nitrogens with one attached hydrogen (secondary N) is 2. The molecule has 0 bridgehead atoms. The molecule has 1 rings (SSSR count). The van der Waals surface area contributed by atoms with Crippen LogP contribution in [0.1, 0.15) is 20.8 Å². The van der Waals surface area contributed by atoms with Crippen molar-refractivity contribution >= 4 is 11.9 Å². The van der Waals surface area contributed by atoms with Crippen LogP contribution in [-0.4, -0.2) is 30.2 Å². The van der Waals surface area contributed by atoms with E-state index in [9.17, 15) is 9.59 Å². The highest BCUT2D eigenvalue weighted by Gasteiger charge is 2.30. The van der Waals surface area contributed by atoms with Crippen LogP contribution in [0.3, 0.4) is 0 Å².